The average Bonchev–Trinajstić information content (AvgIpc) is 2.38. The highest BCUT2D eigenvalue weighted by atomic mass is 35.5. The van der Waals surface area contributed by atoms with Crippen molar-refractivity contribution in [2.45, 2.75) is 45.1 Å². The molecular formula is C16H19ClF3NO3. The van der Waals surface area contributed by atoms with Crippen molar-refractivity contribution >= 4 is 23.4 Å². The number of hydrogen-bond acceptors (Lipinski definition) is 2. The number of alkyl halides is 2. The molecule has 4 nitrogen and oxygen atoms in total. The fourth-order valence-corrected chi connectivity index (χ4v) is 2.88. The van der Waals surface area contributed by atoms with Crippen LogP contribution in [0.3, 0.4) is 0 Å². The first-order valence-corrected chi connectivity index (χ1v) is 7.82. The van der Waals surface area contributed by atoms with E-state index in [1.807, 2.05) is 0 Å². The molecule has 24 heavy (non-hydrogen) atoms. The molecule has 2 rings (SSSR count). The van der Waals surface area contributed by atoms with E-state index in [9.17, 15) is 23.1 Å². The predicted octanol–water partition coefficient (Wildman–Crippen LogP) is 5.19. The number of hydrogen-bond donors (Lipinski definition) is 1. The molecule has 0 spiro atoms. The fraction of sp³-hybridized carbons (Fsp3) is 0.562. The molecule has 1 aliphatic carbocycles. The predicted molar refractivity (Wildman–Crippen MR) is 84.8 cm³/mol. The summed E-state index contributed by atoms with van der Waals surface area (Å²) in [5, 5.41) is 8.96. The van der Waals surface area contributed by atoms with Crippen LogP contribution in [0.5, 0.6) is 5.75 Å². The summed E-state index contributed by atoms with van der Waals surface area (Å²) in [4.78, 5) is 12.3. The molecule has 1 amide bonds. The van der Waals surface area contributed by atoms with Gasteiger partial charge in [0.15, 0.2) is 5.82 Å². The molecule has 0 bridgehead atoms. The highest BCUT2D eigenvalue weighted by molar-refractivity contribution is 6.32. The van der Waals surface area contributed by atoms with Gasteiger partial charge in [-0.05, 0) is 32.9 Å². The Morgan fingerprint density at radius 1 is 1.42 bits per heavy atom. The molecule has 1 saturated carbocycles. The number of nitrogens with zero attached hydrogens (tertiary/aromatic N) is 1. The summed E-state index contributed by atoms with van der Waals surface area (Å²) in [5.41, 5.74) is -1.07. The van der Waals surface area contributed by atoms with Crippen LogP contribution >= 0.6 is 11.6 Å². The van der Waals surface area contributed by atoms with Gasteiger partial charge in [-0.2, -0.15) is 0 Å². The van der Waals surface area contributed by atoms with Crippen molar-refractivity contribution in [3.05, 3.63) is 23.0 Å². The Bertz CT molecular complexity index is 638. The second-order valence-electron chi connectivity index (χ2n) is 6.94. The molecule has 8 heteroatoms. The summed E-state index contributed by atoms with van der Waals surface area (Å²) in [6.07, 6.45) is -1.84. The smallest absolute Gasteiger partial charge is 0.412 e. The number of carboxylic acid groups (broad SMARTS) is 1. The molecule has 1 fully saturated rings. The van der Waals surface area contributed by atoms with E-state index in [1.165, 1.54) is 12.1 Å². The number of anilines is 1. The van der Waals surface area contributed by atoms with Crippen molar-refractivity contribution in [2.24, 2.45) is 5.92 Å². The lowest BCUT2D eigenvalue weighted by atomic mass is 9.82. The molecule has 0 saturated heterocycles. The minimum atomic E-state index is -2.65. The second-order valence-corrected chi connectivity index (χ2v) is 7.32. The van der Waals surface area contributed by atoms with E-state index in [-0.39, 0.29) is 41.8 Å². The highest BCUT2D eigenvalue weighted by Gasteiger charge is 2.45. The Kier molecular flexibility index (Phi) is 4.95. The Balaban J connectivity index is 2.17. The summed E-state index contributed by atoms with van der Waals surface area (Å²) >= 11 is 5.93. The van der Waals surface area contributed by atoms with Gasteiger partial charge in [-0.3, -0.25) is 4.90 Å². The first-order chi connectivity index (χ1) is 10.9. The van der Waals surface area contributed by atoms with Gasteiger partial charge in [0.1, 0.15) is 10.8 Å². The van der Waals surface area contributed by atoms with Crippen LogP contribution < -0.4 is 9.64 Å². The normalized spacial score (nSPS) is 17.3. The van der Waals surface area contributed by atoms with E-state index >= 15 is 0 Å². The molecule has 134 valence electrons. The number of halogens is 4. The first-order valence-electron chi connectivity index (χ1n) is 7.44. The molecule has 1 N–H and O–H groups in total. The van der Waals surface area contributed by atoms with Gasteiger partial charge in [0.2, 0.25) is 5.92 Å². The average molecular weight is 366 g/mol. The van der Waals surface area contributed by atoms with Crippen LogP contribution in [-0.4, -0.2) is 29.3 Å². The molecule has 0 heterocycles. The van der Waals surface area contributed by atoms with Crippen molar-refractivity contribution in [3.63, 3.8) is 0 Å². The second kappa shape index (κ2) is 6.35. The molecule has 0 atom stereocenters. The number of benzene rings is 1. The fourth-order valence-electron chi connectivity index (χ4n) is 2.67. The van der Waals surface area contributed by atoms with Crippen molar-refractivity contribution in [3.8, 4) is 5.75 Å². The number of ether oxygens (including phenoxy) is 1. The van der Waals surface area contributed by atoms with Gasteiger partial charge in [-0.1, -0.05) is 11.6 Å². The lowest BCUT2D eigenvalue weighted by Gasteiger charge is -2.35. The quantitative estimate of drug-likeness (QED) is 0.799. The Hall–Kier alpha value is -1.63. The number of rotatable bonds is 4. The van der Waals surface area contributed by atoms with Crippen LogP contribution in [0, 0.1) is 11.7 Å². The van der Waals surface area contributed by atoms with E-state index in [0.717, 1.165) is 4.90 Å². The Labute approximate surface area is 143 Å². The molecule has 1 aromatic rings. The van der Waals surface area contributed by atoms with Crippen molar-refractivity contribution in [1.29, 1.82) is 0 Å². The standard InChI is InChI=1S/C16H19ClF3NO3/c1-15(2,3)21(14(22)23)10-4-5-11(12(17)13(10)18)24-8-9-6-16(19,20)7-9/h4-5,9H,6-8H2,1-3H3,(H,22,23). The van der Waals surface area contributed by atoms with E-state index in [1.54, 1.807) is 20.8 Å². The maximum absolute atomic E-state index is 14.5. The maximum Gasteiger partial charge on any atom is 0.412 e. The van der Waals surface area contributed by atoms with Gasteiger partial charge in [0, 0.05) is 24.3 Å². The summed E-state index contributed by atoms with van der Waals surface area (Å²) in [6.45, 7) is 4.87. The van der Waals surface area contributed by atoms with E-state index in [2.05, 4.69) is 0 Å². The van der Waals surface area contributed by atoms with Crippen LogP contribution in [0.15, 0.2) is 12.1 Å². The summed E-state index contributed by atoms with van der Waals surface area (Å²) < 4.78 is 45.4. The van der Waals surface area contributed by atoms with Gasteiger partial charge in [-0.25, -0.2) is 18.0 Å². The first kappa shape index (κ1) is 18.7. The van der Waals surface area contributed by atoms with Crippen LogP contribution in [-0.2, 0) is 0 Å². The van der Waals surface area contributed by atoms with Crippen molar-refractivity contribution < 1.29 is 27.8 Å². The third-order valence-corrected chi connectivity index (χ3v) is 4.13. The monoisotopic (exact) mass is 365 g/mol. The lowest BCUT2D eigenvalue weighted by molar-refractivity contribution is -0.119. The zero-order valence-electron chi connectivity index (χ0n) is 13.6. The summed E-state index contributed by atoms with van der Waals surface area (Å²) in [5.74, 6) is -3.87. The molecule has 0 aliphatic heterocycles. The largest absolute Gasteiger partial charge is 0.492 e. The van der Waals surface area contributed by atoms with Gasteiger partial charge in [-0.15, -0.1) is 0 Å². The van der Waals surface area contributed by atoms with Gasteiger partial charge < -0.3 is 9.84 Å². The molecule has 0 aromatic heterocycles. The highest BCUT2D eigenvalue weighted by Crippen LogP contribution is 2.43. The third kappa shape index (κ3) is 3.88. The zero-order chi connectivity index (χ0) is 18.3. The minimum Gasteiger partial charge on any atom is -0.492 e. The lowest BCUT2D eigenvalue weighted by Crippen LogP contribution is -2.45. The van der Waals surface area contributed by atoms with Gasteiger partial charge >= 0.3 is 6.09 Å². The molecule has 0 radical (unpaired) electrons. The Morgan fingerprint density at radius 3 is 2.46 bits per heavy atom. The SMILES string of the molecule is CC(C)(C)N(C(=O)O)c1ccc(OCC2CC(F)(F)C2)c(Cl)c1F. The van der Waals surface area contributed by atoms with Crippen LogP contribution in [0.1, 0.15) is 33.6 Å². The number of carbonyl (C=O) groups is 1. The maximum atomic E-state index is 14.5. The Morgan fingerprint density at radius 2 is 2.00 bits per heavy atom. The molecule has 1 aliphatic rings. The van der Waals surface area contributed by atoms with E-state index in [4.69, 9.17) is 16.3 Å². The summed E-state index contributed by atoms with van der Waals surface area (Å²) in [7, 11) is 0. The number of amides is 1. The van der Waals surface area contributed by atoms with Crippen LogP contribution in [0.25, 0.3) is 0 Å². The van der Waals surface area contributed by atoms with Crippen LogP contribution in [0.4, 0.5) is 23.7 Å². The molecular weight excluding hydrogens is 347 g/mol. The van der Waals surface area contributed by atoms with Crippen molar-refractivity contribution in [2.75, 3.05) is 11.5 Å². The van der Waals surface area contributed by atoms with E-state index < -0.39 is 23.4 Å². The molecule has 1 aromatic carbocycles. The third-order valence-electron chi connectivity index (χ3n) is 3.78. The van der Waals surface area contributed by atoms with E-state index in [0.29, 0.717) is 0 Å². The minimum absolute atomic E-state index is 0.00683. The molecule has 0 unspecified atom stereocenters. The summed E-state index contributed by atoms with van der Waals surface area (Å²) in [6, 6.07) is 2.60. The topological polar surface area (TPSA) is 49.8 Å². The van der Waals surface area contributed by atoms with Crippen LogP contribution in [0.2, 0.25) is 5.02 Å². The van der Waals surface area contributed by atoms with Crippen molar-refractivity contribution in [1.82, 2.24) is 0 Å². The zero-order valence-corrected chi connectivity index (χ0v) is 14.3. The van der Waals surface area contributed by atoms with Gasteiger partial charge in [0.05, 0.1) is 12.3 Å². The van der Waals surface area contributed by atoms with Gasteiger partial charge in [0.25, 0.3) is 0 Å².